The van der Waals surface area contributed by atoms with Gasteiger partial charge < -0.3 is 19.9 Å². The van der Waals surface area contributed by atoms with Gasteiger partial charge in [-0.05, 0) is 99.4 Å². The van der Waals surface area contributed by atoms with Crippen LogP contribution in [0.3, 0.4) is 0 Å². The molecule has 0 aromatic heterocycles. The molecule has 0 atom stereocenters. The third-order valence-corrected chi connectivity index (χ3v) is 7.45. The van der Waals surface area contributed by atoms with Crippen molar-refractivity contribution in [3.8, 4) is 17.2 Å². The Kier molecular flexibility index (Phi) is 8.44. The Morgan fingerprint density at radius 3 is 2.42 bits per heavy atom. The van der Waals surface area contributed by atoms with Gasteiger partial charge in [0.25, 0.3) is 11.1 Å². The number of benzene rings is 2. The van der Waals surface area contributed by atoms with Crippen molar-refractivity contribution in [3.63, 3.8) is 0 Å². The molecule has 2 aromatic rings. The van der Waals surface area contributed by atoms with Crippen molar-refractivity contribution < 1.29 is 29.0 Å². The summed E-state index contributed by atoms with van der Waals surface area (Å²) in [5.74, 6) is -0.269. The van der Waals surface area contributed by atoms with Gasteiger partial charge in [0.1, 0.15) is 12.3 Å². The first-order valence-electron chi connectivity index (χ1n) is 9.87. The first-order valence-corrected chi connectivity index (χ1v) is 12.3. The number of hydrogen-bond acceptors (Lipinski definition) is 7. The summed E-state index contributed by atoms with van der Waals surface area (Å²) in [5, 5.41) is 12.3. The number of anilines is 1. The standard InChI is InChI=1S/C22H20Br2N2O6S/c1-3-31-14-7-5-13(6-8-14)25-17(27)11-26-21(29)16(33-22(26)30)10-12-9-15(32-4-2)20(28)19(24)18(12)23/h5-10,28H,3-4,11H2,1-2H3,(H,25,27)/b16-10+. The van der Waals surface area contributed by atoms with Crippen LogP contribution in [-0.4, -0.2) is 46.8 Å². The summed E-state index contributed by atoms with van der Waals surface area (Å²) in [4.78, 5) is 38.7. The number of hydrogen-bond donors (Lipinski definition) is 2. The molecule has 0 saturated carbocycles. The number of nitrogens with one attached hydrogen (secondary N) is 1. The Bertz CT molecular complexity index is 1120. The van der Waals surface area contributed by atoms with Gasteiger partial charge in [0, 0.05) is 10.2 Å². The van der Waals surface area contributed by atoms with E-state index in [4.69, 9.17) is 9.47 Å². The van der Waals surface area contributed by atoms with E-state index in [9.17, 15) is 19.5 Å². The average molecular weight is 600 g/mol. The number of carbonyl (C=O) groups is 3. The Hall–Kier alpha value is -2.50. The minimum absolute atomic E-state index is 0.0834. The molecule has 0 radical (unpaired) electrons. The lowest BCUT2D eigenvalue weighted by Crippen LogP contribution is -2.36. The molecule has 1 aliphatic heterocycles. The number of phenols is 1. The van der Waals surface area contributed by atoms with Crippen molar-refractivity contribution in [1.82, 2.24) is 4.90 Å². The van der Waals surface area contributed by atoms with Gasteiger partial charge in [-0.2, -0.15) is 0 Å². The largest absolute Gasteiger partial charge is 0.503 e. The number of halogens is 2. The van der Waals surface area contributed by atoms with Crippen molar-refractivity contribution in [2.45, 2.75) is 13.8 Å². The number of thioether (sulfide) groups is 1. The summed E-state index contributed by atoms with van der Waals surface area (Å²) >= 11 is 7.38. The number of phenolic OH excluding ortho intramolecular Hbond substituents is 1. The predicted octanol–water partition coefficient (Wildman–Crippen LogP) is 5.39. The van der Waals surface area contributed by atoms with Crippen LogP contribution >= 0.6 is 43.6 Å². The molecule has 1 aliphatic rings. The molecular weight excluding hydrogens is 580 g/mol. The maximum absolute atomic E-state index is 12.8. The SMILES string of the molecule is CCOc1ccc(NC(=O)CN2C(=O)S/C(=C/c3cc(OCC)c(O)c(Br)c3Br)C2=O)cc1. The first kappa shape index (κ1) is 25.1. The highest BCUT2D eigenvalue weighted by molar-refractivity contribution is 9.13. The fraction of sp³-hybridized carbons (Fsp3) is 0.227. The molecular formula is C22H20Br2N2O6S. The highest BCUT2D eigenvalue weighted by Crippen LogP contribution is 2.43. The molecule has 3 rings (SSSR count). The summed E-state index contributed by atoms with van der Waals surface area (Å²) in [6.07, 6.45) is 1.51. The van der Waals surface area contributed by atoms with E-state index in [-0.39, 0.29) is 16.4 Å². The van der Waals surface area contributed by atoms with E-state index in [1.165, 1.54) is 6.08 Å². The third-order valence-electron chi connectivity index (χ3n) is 4.38. The fourth-order valence-electron chi connectivity index (χ4n) is 2.91. The predicted molar refractivity (Wildman–Crippen MR) is 134 cm³/mol. The molecule has 0 spiro atoms. The minimum Gasteiger partial charge on any atom is -0.503 e. The quantitative estimate of drug-likeness (QED) is 0.392. The number of imide groups is 1. The molecule has 174 valence electrons. The van der Waals surface area contributed by atoms with Gasteiger partial charge >= 0.3 is 0 Å². The number of ether oxygens (including phenoxy) is 2. The van der Waals surface area contributed by atoms with Gasteiger partial charge in [-0.15, -0.1) is 0 Å². The van der Waals surface area contributed by atoms with Crippen molar-refractivity contribution in [2.24, 2.45) is 0 Å². The second-order valence-electron chi connectivity index (χ2n) is 6.65. The lowest BCUT2D eigenvalue weighted by molar-refractivity contribution is -0.127. The van der Waals surface area contributed by atoms with E-state index in [0.717, 1.165) is 16.7 Å². The Morgan fingerprint density at radius 1 is 1.12 bits per heavy atom. The lowest BCUT2D eigenvalue weighted by atomic mass is 10.2. The van der Waals surface area contributed by atoms with E-state index < -0.39 is 23.6 Å². The number of nitrogens with zero attached hydrogens (tertiary/aromatic N) is 1. The molecule has 1 fully saturated rings. The van der Waals surface area contributed by atoms with Crippen molar-refractivity contribution >= 4 is 72.4 Å². The Labute approximate surface area is 211 Å². The zero-order chi connectivity index (χ0) is 24.1. The van der Waals surface area contributed by atoms with Crippen LogP contribution in [0, 0.1) is 0 Å². The normalized spacial score (nSPS) is 14.7. The first-order chi connectivity index (χ1) is 15.7. The smallest absolute Gasteiger partial charge is 0.294 e. The number of carbonyl (C=O) groups excluding carboxylic acids is 3. The van der Waals surface area contributed by atoms with Crippen LogP contribution < -0.4 is 14.8 Å². The second kappa shape index (κ2) is 11.1. The van der Waals surface area contributed by atoms with E-state index in [1.807, 2.05) is 6.92 Å². The highest BCUT2D eigenvalue weighted by atomic mass is 79.9. The number of aromatic hydroxyl groups is 1. The molecule has 33 heavy (non-hydrogen) atoms. The zero-order valence-electron chi connectivity index (χ0n) is 17.7. The van der Waals surface area contributed by atoms with Crippen LogP contribution in [0.2, 0.25) is 0 Å². The molecule has 0 bridgehead atoms. The summed E-state index contributed by atoms with van der Waals surface area (Å²) in [7, 11) is 0. The van der Waals surface area contributed by atoms with Gasteiger partial charge in [0.15, 0.2) is 11.5 Å². The summed E-state index contributed by atoms with van der Waals surface area (Å²) in [5.41, 5.74) is 1.04. The highest BCUT2D eigenvalue weighted by Gasteiger charge is 2.36. The molecule has 0 aliphatic carbocycles. The molecule has 3 amide bonds. The van der Waals surface area contributed by atoms with Gasteiger partial charge in [0.05, 0.1) is 22.6 Å². The van der Waals surface area contributed by atoms with Crippen LogP contribution in [0.25, 0.3) is 6.08 Å². The van der Waals surface area contributed by atoms with Crippen molar-refractivity contribution in [2.75, 3.05) is 25.1 Å². The van der Waals surface area contributed by atoms with Gasteiger partial charge in [-0.3, -0.25) is 19.3 Å². The third kappa shape index (κ3) is 5.90. The molecule has 1 heterocycles. The van der Waals surface area contributed by atoms with Crippen LogP contribution in [0.4, 0.5) is 10.5 Å². The molecule has 1 saturated heterocycles. The summed E-state index contributed by atoms with van der Waals surface area (Å²) < 4.78 is 11.6. The topological polar surface area (TPSA) is 105 Å². The maximum Gasteiger partial charge on any atom is 0.294 e. The van der Waals surface area contributed by atoms with Crippen LogP contribution in [-0.2, 0) is 9.59 Å². The van der Waals surface area contributed by atoms with Gasteiger partial charge in [0.2, 0.25) is 5.91 Å². The summed E-state index contributed by atoms with van der Waals surface area (Å²) in [6.45, 7) is 4.10. The summed E-state index contributed by atoms with van der Waals surface area (Å²) in [6, 6.07) is 8.33. The zero-order valence-corrected chi connectivity index (χ0v) is 21.7. The van der Waals surface area contributed by atoms with Gasteiger partial charge in [-0.1, -0.05) is 0 Å². The average Bonchev–Trinajstić information content (AvgIpc) is 3.04. The minimum atomic E-state index is -0.582. The lowest BCUT2D eigenvalue weighted by Gasteiger charge is -2.13. The van der Waals surface area contributed by atoms with E-state index in [2.05, 4.69) is 37.2 Å². The second-order valence-corrected chi connectivity index (χ2v) is 9.23. The number of amides is 3. The molecule has 2 aromatic carbocycles. The Morgan fingerprint density at radius 2 is 1.79 bits per heavy atom. The van der Waals surface area contributed by atoms with Crippen LogP contribution in [0.5, 0.6) is 17.2 Å². The monoisotopic (exact) mass is 598 g/mol. The fourth-order valence-corrected chi connectivity index (χ4v) is 4.58. The Balaban J connectivity index is 1.74. The van der Waals surface area contributed by atoms with Crippen LogP contribution in [0.1, 0.15) is 19.4 Å². The molecule has 0 unspecified atom stereocenters. The molecule has 2 N–H and O–H groups in total. The van der Waals surface area contributed by atoms with Crippen molar-refractivity contribution in [1.29, 1.82) is 0 Å². The van der Waals surface area contributed by atoms with Crippen molar-refractivity contribution in [3.05, 3.63) is 49.7 Å². The van der Waals surface area contributed by atoms with E-state index >= 15 is 0 Å². The molecule has 11 heteroatoms. The number of rotatable bonds is 8. The molecule has 8 nitrogen and oxygen atoms in total. The van der Waals surface area contributed by atoms with E-state index in [0.29, 0.717) is 39.2 Å². The maximum atomic E-state index is 12.8. The van der Waals surface area contributed by atoms with Crippen LogP contribution in [0.15, 0.2) is 44.2 Å². The van der Waals surface area contributed by atoms with Gasteiger partial charge in [-0.25, -0.2) is 0 Å². The van der Waals surface area contributed by atoms with E-state index in [1.54, 1.807) is 37.3 Å².